The Morgan fingerprint density at radius 3 is 2.95 bits per heavy atom. The summed E-state index contributed by atoms with van der Waals surface area (Å²) in [5.41, 5.74) is 0. The van der Waals surface area contributed by atoms with Crippen LogP contribution in [0.4, 0.5) is 4.79 Å². The van der Waals surface area contributed by atoms with Crippen LogP contribution in [0.2, 0.25) is 0 Å². The van der Waals surface area contributed by atoms with Crippen LogP contribution in [-0.4, -0.2) is 47.0 Å². The number of likely N-dealkylation sites (tertiary alicyclic amines) is 1. The van der Waals surface area contributed by atoms with Crippen molar-refractivity contribution in [2.24, 2.45) is 5.92 Å². The van der Waals surface area contributed by atoms with Crippen LogP contribution in [0.15, 0.2) is 17.5 Å². The van der Waals surface area contributed by atoms with E-state index in [1.807, 2.05) is 24.4 Å². The van der Waals surface area contributed by atoms with Gasteiger partial charge in [-0.1, -0.05) is 6.07 Å². The lowest BCUT2D eigenvalue weighted by Gasteiger charge is -2.29. The zero-order chi connectivity index (χ0) is 14.7. The van der Waals surface area contributed by atoms with Crippen molar-refractivity contribution in [3.63, 3.8) is 0 Å². The molecular formula is C14H20N2O3S. The quantitative estimate of drug-likeness (QED) is 0.929. The molecule has 0 aliphatic carbocycles. The minimum Gasteiger partial charge on any atom is -0.481 e. The van der Waals surface area contributed by atoms with Gasteiger partial charge in [-0.2, -0.15) is 0 Å². The number of rotatable bonds is 4. The van der Waals surface area contributed by atoms with Crippen molar-refractivity contribution in [2.45, 2.75) is 25.8 Å². The van der Waals surface area contributed by atoms with E-state index in [0.717, 1.165) is 11.3 Å². The number of carbonyl (C=O) groups excluding carboxylic acids is 1. The first-order valence-electron chi connectivity index (χ1n) is 6.76. The molecule has 1 aliphatic rings. The Morgan fingerprint density at radius 2 is 2.35 bits per heavy atom. The van der Waals surface area contributed by atoms with Crippen molar-refractivity contribution in [3.05, 3.63) is 22.4 Å². The summed E-state index contributed by atoms with van der Waals surface area (Å²) in [6.07, 6.45) is 0.924. The molecule has 110 valence electrons. The first-order valence-corrected chi connectivity index (χ1v) is 7.64. The molecule has 2 heterocycles. The van der Waals surface area contributed by atoms with Gasteiger partial charge in [-0.05, 0) is 30.7 Å². The lowest BCUT2D eigenvalue weighted by Crippen LogP contribution is -2.41. The summed E-state index contributed by atoms with van der Waals surface area (Å²) in [7, 11) is 1.80. The van der Waals surface area contributed by atoms with E-state index in [0.29, 0.717) is 13.1 Å². The number of hydrogen-bond donors (Lipinski definition) is 1. The first-order chi connectivity index (χ1) is 9.49. The Hall–Kier alpha value is -1.56. The predicted octanol–water partition coefficient (Wildman–Crippen LogP) is 2.66. The molecule has 6 heteroatoms. The van der Waals surface area contributed by atoms with Crippen molar-refractivity contribution < 1.29 is 14.7 Å². The normalized spacial score (nSPS) is 19.9. The third-order valence-corrected chi connectivity index (χ3v) is 4.90. The van der Waals surface area contributed by atoms with Gasteiger partial charge in [0.05, 0.1) is 6.04 Å². The Labute approximate surface area is 122 Å². The molecule has 2 amide bonds. The maximum absolute atomic E-state index is 12.4. The van der Waals surface area contributed by atoms with Crippen LogP contribution in [-0.2, 0) is 4.79 Å². The minimum atomic E-state index is -0.787. The largest absolute Gasteiger partial charge is 0.481 e. The number of thiophene rings is 1. The molecule has 2 atom stereocenters. The summed E-state index contributed by atoms with van der Waals surface area (Å²) < 4.78 is 0. The SMILES string of the molecule is CC(c1cccs1)N(C)C(=O)N1CCC(CC(=O)O)C1. The molecular weight excluding hydrogens is 276 g/mol. The van der Waals surface area contributed by atoms with E-state index >= 15 is 0 Å². The fourth-order valence-electron chi connectivity index (χ4n) is 2.53. The minimum absolute atomic E-state index is 0.0150. The summed E-state index contributed by atoms with van der Waals surface area (Å²) in [4.78, 5) is 27.8. The number of carbonyl (C=O) groups is 2. The van der Waals surface area contributed by atoms with Crippen molar-refractivity contribution in [2.75, 3.05) is 20.1 Å². The molecule has 1 aromatic heterocycles. The maximum atomic E-state index is 12.4. The van der Waals surface area contributed by atoms with Crippen molar-refractivity contribution in [1.82, 2.24) is 9.80 Å². The number of hydrogen-bond acceptors (Lipinski definition) is 3. The van der Waals surface area contributed by atoms with Gasteiger partial charge >= 0.3 is 12.0 Å². The average Bonchev–Trinajstić information content (AvgIpc) is 3.06. The lowest BCUT2D eigenvalue weighted by molar-refractivity contribution is -0.138. The van der Waals surface area contributed by atoms with Crippen LogP contribution >= 0.6 is 11.3 Å². The van der Waals surface area contributed by atoms with Gasteiger partial charge in [0.2, 0.25) is 0 Å². The van der Waals surface area contributed by atoms with Crippen LogP contribution in [0.1, 0.15) is 30.7 Å². The van der Waals surface area contributed by atoms with Gasteiger partial charge in [0.25, 0.3) is 0 Å². The van der Waals surface area contributed by atoms with Gasteiger partial charge < -0.3 is 14.9 Å². The topological polar surface area (TPSA) is 60.9 Å². The summed E-state index contributed by atoms with van der Waals surface area (Å²) in [6, 6.07) is 4.03. The molecule has 2 rings (SSSR count). The van der Waals surface area contributed by atoms with E-state index in [-0.39, 0.29) is 24.4 Å². The van der Waals surface area contributed by atoms with Crippen molar-refractivity contribution in [3.8, 4) is 0 Å². The zero-order valence-corrected chi connectivity index (χ0v) is 12.6. The van der Waals surface area contributed by atoms with Crippen LogP contribution in [0, 0.1) is 5.92 Å². The molecule has 0 aromatic carbocycles. The molecule has 0 bridgehead atoms. The molecule has 1 aliphatic heterocycles. The zero-order valence-electron chi connectivity index (χ0n) is 11.8. The fraction of sp³-hybridized carbons (Fsp3) is 0.571. The standard InChI is InChI=1S/C14H20N2O3S/c1-10(12-4-3-7-20-12)15(2)14(19)16-6-5-11(9-16)8-13(17)18/h3-4,7,10-11H,5-6,8-9H2,1-2H3,(H,17,18). The monoisotopic (exact) mass is 296 g/mol. The number of carboxylic acid groups (broad SMARTS) is 1. The highest BCUT2D eigenvalue weighted by atomic mass is 32.1. The molecule has 1 fully saturated rings. The van der Waals surface area contributed by atoms with Gasteiger partial charge in [-0.15, -0.1) is 11.3 Å². The highest BCUT2D eigenvalue weighted by molar-refractivity contribution is 7.10. The summed E-state index contributed by atoms with van der Waals surface area (Å²) in [5, 5.41) is 10.8. The highest BCUT2D eigenvalue weighted by Gasteiger charge is 2.31. The first kappa shape index (κ1) is 14.8. The molecule has 20 heavy (non-hydrogen) atoms. The summed E-state index contributed by atoms with van der Waals surface area (Å²) >= 11 is 1.64. The van der Waals surface area contributed by atoms with Gasteiger partial charge in [-0.25, -0.2) is 4.79 Å². The number of aliphatic carboxylic acids is 1. The second kappa shape index (κ2) is 6.26. The van der Waals surface area contributed by atoms with Crippen molar-refractivity contribution in [1.29, 1.82) is 0 Å². The van der Waals surface area contributed by atoms with E-state index in [4.69, 9.17) is 5.11 Å². The summed E-state index contributed by atoms with van der Waals surface area (Å²) in [5.74, 6) is -0.702. The third-order valence-electron chi connectivity index (χ3n) is 3.86. The number of nitrogens with zero attached hydrogens (tertiary/aromatic N) is 2. The number of amides is 2. The predicted molar refractivity (Wildman–Crippen MR) is 77.8 cm³/mol. The number of urea groups is 1. The van der Waals surface area contributed by atoms with Gasteiger partial charge in [0.15, 0.2) is 0 Å². The molecule has 0 spiro atoms. The van der Waals surface area contributed by atoms with Crippen LogP contribution in [0.5, 0.6) is 0 Å². The van der Waals surface area contributed by atoms with Crippen molar-refractivity contribution >= 4 is 23.3 Å². The highest BCUT2D eigenvalue weighted by Crippen LogP contribution is 2.26. The van der Waals surface area contributed by atoms with Crippen LogP contribution in [0.3, 0.4) is 0 Å². The second-order valence-electron chi connectivity index (χ2n) is 5.28. The van der Waals surface area contributed by atoms with E-state index < -0.39 is 5.97 Å². The number of carboxylic acids is 1. The Bertz CT molecular complexity index is 475. The smallest absolute Gasteiger partial charge is 0.320 e. The third kappa shape index (κ3) is 3.30. The Morgan fingerprint density at radius 1 is 1.60 bits per heavy atom. The van der Waals surface area contributed by atoms with E-state index in [9.17, 15) is 9.59 Å². The molecule has 0 radical (unpaired) electrons. The van der Waals surface area contributed by atoms with Crippen LogP contribution < -0.4 is 0 Å². The lowest BCUT2D eigenvalue weighted by atomic mass is 10.1. The van der Waals surface area contributed by atoms with Gasteiger partial charge in [-0.3, -0.25) is 4.79 Å². The van der Waals surface area contributed by atoms with Gasteiger partial charge in [0, 0.05) is 31.4 Å². The molecule has 5 nitrogen and oxygen atoms in total. The second-order valence-corrected chi connectivity index (χ2v) is 6.26. The molecule has 1 N–H and O–H groups in total. The maximum Gasteiger partial charge on any atom is 0.320 e. The van der Waals surface area contributed by atoms with E-state index in [1.165, 1.54) is 0 Å². The molecule has 0 saturated carbocycles. The van der Waals surface area contributed by atoms with E-state index in [2.05, 4.69) is 0 Å². The Kier molecular flexibility index (Phi) is 4.65. The molecule has 2 unspecified atom stereocenters. The Balaban J connectivity index is 1.93. The summed E-state index contributed by atoms with van der Waals surface area (Å²) in [6.45, 7) is 3.21. The molecule has 1 saturated heterocycles. The average molecular weight is 296 g/mol. The van der Waals surface area contributed by atoms with E-state index in [1.54, 1.807) is 28.2 Å². The van der Waals surface area contributed by atoms with Crippen LogP contribution in [0.25, 0.3) is 0 Å². The molecule has 1 aromatic rings. The fourth-order valence-corrected chi connectivity index (χ4v) is 3.35. The van der Waals surface area contributed by atoms with Gasteiger partial charge in [0.1, 0.15) is 0 Å².